The van der Waals surface area contributed by atoms with Crippen LogP contribution in [0.25, 0.3) is 21.5 Å². The Morgan fingerprint density at radius 2 is 0.448 bits per heavy atom. The van der Waals surface area contributed by atoms with E-state index in [9.17, 15) is 0 Å². The van der Waals surface area contributed by atoms with Crippen LogP contribution in [0.15, 0.2) is 24.3 Å². The Morgan fingerprint density at radius 3 is 0.621 bits per heavy atom. The number of rotatable bonds is 4. The molecule has 326 valence electrons. The summed E-state index contributed by atoms with van der Waals surface area (Å²) in [6.07, 6.45) is 3.61. The first-order valence-corrected chi connectivity index (χ1v) is 21.2. The van der Waals surface area contributed by atoms with Crippen LogP contribution in [0.4, 0.5) is 0 Å². The molecule has 0 unspecified atom stereocenters. The molecule has 58 heavy (non-hydrogen) atoms. The van der Waals surface area contributed by atoms with Gasteiger partial charge in [-0.3, -0.25) is 0 Å². The Hall–Kier alpha value is -3.02. The maximum Gasteiger partial charge on any atom is 0.161 e. The van der Waals surface area contributed by atoms with E-state index in [0.717, 1.165) is 47.2 Å². The Morgan fingerprint density at radius 1 is 0.276 bits per heavy atom. The zero-order valence-electron chi connectivity index (χ0n) is 34.8. The van der Waals surface area contributed by atoms with E-state index in [2.05, 4.69) is 38.1 Å². The molecule has 0 aliphatic carbocycles. The summed E-state index contributed by atoms with van der Waals surface area (Å²) in [6, 6.07) is 8.54. The molecular weight excluding hydrogens is 752 g/mol. The molecule has 3 aromatic carbocycles. The minimum Gasteiger partial charge on any atom is -0.487 e. The third-order valence-electron chi connectivity index (χ3n) is 9.39. The summed E-state index contributed by atoms with van der Waals surface area (Å²) in [6.45, 7) is 15.3. The second-order valence-electron chi connectivity index (χ2n) is 13.7. The van der Waals surface area contributed by atoms with Gasteiger partial charge in [-0.15, -0.1) is 0 Å². The maximum absolute atomic E-state index is 6.41. The molecule has 0 aromatic heterocycles. The molecule has 0 saturated carbocycles. The first kappa shape index (κ1) is 46.1. The Labute approximate surface area is 343 Å². The van der Waals surface area contributed by atoms with Gasteiger partial charge in [0, 0.05) is 0 Å². The van der Waals surface area contributed by atoms with E-state index in [0.29, 0.717) is 182 Å². The van der Waals surface area contributed by atoms with Crippen LogP contribution in [0.5, 0.6) is 23.0 Å². The van der Waals surface area contributed by atoms with E-state index in [1.165, 1.54) is 11.1 Å². The van der Waals surface area contributed by atoms with E-state index >= 15 is 0 Å². The molecule has 3 aromatic rings. The molecule has 0 spiro atoms. The van der Waals surface area contributed by atoms with Crippen LogP contribution in [0.3, 0.4) is 0 Å². The SMILES string of the molecule is CCCc1c2cc3c(cc2c(CCC)c2cc4c(cc12)OCCOCCOCCOCCOCCOCCO4)OCCOCCOCCOCCOCCOCCO3. The van der Waals surface area contributed by atoms with Crippen LogP contribution in [-0.4, -0.2) is 159 Å². The van der Waals surface area contributed by atoms with Crippen molar-refractivity contribution in [2.45, 2.75) is 39.5 Å². The molecule has 0 fully saturated rings. The van der Waals surface area contributed by atoms with Crippen LogP contribution in [0, 0.1) is 0 Å². The molecule has 0 N–H and O–H groups in total. The molecule has 0 amide bonds. The number of hydrogen-bond acceptors (Lipinski definition) is 14. The summed E-state index contributed by atoms with van der Waals surface area (Å²) in [5, 5.41) is 4.51. The Bertz CT molecular complexity index is 1350. The van der Waals surface area contributed by atoms with Crippen molar-refractivity contribution >= 4 is 21.5 Å². The first-order valence-electron chi connectivity index (χ1n) is 21.2. The van der Waals surface area contributed by atoms with Crippen molar-refractivity contribution in [1.82, 2.24) is 0 Å². The van der Waals surface area contributed by atoms with Crippen molar-refractivity contribution in [3.05, 3.63) is 35.4 Å². The third-order valence-corrected chi connectivity index (χ3v) is 9.39. The van der Waals surface area contributed by atoms with Gasteiger partial charge in [-0.25, -0.2) is 0 Å². The highest BCUT2D eigenvalue weighted by atomic mass is 16.6. The molecule has 0 bridgehead atoms. The Balaban J connectivity index is 1.46. The van der Waals surface area contributed by atoms with Crippen molar-refractivity contribution in [2.24, 2.45) is 0 Å². The summed E-state index contributed by atoms with van der Waals surface area (Å²) < 4.78 is 82.6. The van der Waals surface area contributed by atoms with Gasteiger partial charge in [0.2, 0.25) is 0 Å². The average molecular weight is 819 g/mol. The molecule has 0 saturated heterocycles. The van der Waals surface area contributed by atoms with Gasteiger partial charge in [0.15, 0.2) is 23.0 Å². The van der Waals surface area contributed by atoms with Crippen LogP contribution < -0.4 is 18.9 Å². The lowest BCUT2D eigenvalue weighted by Crippen LogP contribution is -2.14. The highest BCUT2D eigenvalue weighted by Crippen LogP contribution is 2.44. The van der Waals surface area contributed by atoms with Crippen LogP contribution in [0.2, 0.25) is 0 Å². The van der Waals surface area contributed by atoms with Crippen molar-refractivity contribution in [2.75, 3.05) is 159 Å². The smallest absolute Gasteiger partial charge is 0.161 e. The lowest BCUT2D eigenvalue weighted by Gasteiger charge is -2.22. The quantitative estimate of drug-likeness (QED) is 0.303. The summed E-state index contributed by atoms with van der Waals surface area (Å²) in [7, 11) is 0. The lowest BCUT2D eigenvalue weighted by atomic mass is 9.87. The summed E-state index contributed by atoms with van der Waals surface area (Å²) in [5.41, 5.74) is 2.44. The van der Waals surface area contributed by atoms with Crippen molar-refractivity contribution in [1.29, 1.82) is 0 Å². The number of benzene rings is 3. The number of fused-ring (bicyclic) bond motifs is 4. The third kappa shape index (κ3) is 15.9. The Kier molecular flexibility index (Phi) is 22.6. The standard InChI is InChI=1S/C44H66O14/c1-3-5-35-37-31-41-43(57-29-25-53-21-17-49-13-9-45-7-11-47-15-19-51-23-27-55-41)33-39(37)36(6-4-2)40-34-44-42(32-38(35)40)56-28-24-52-20-16-48-12-8-46-10-14-50-18-22-54-26-30-58-44/h31-34H,3-30H2,1-2H3. The zero-order chi connectivity index (χ0) is 40.3. The molecule has 2 aliphatic rings. The molecule has 0 atom stereocenters. The summed E-state index contributed by atoms with van der Waals surface area (Å²) in [5.74, 6) is 2.65. The van der Waals surface area contributed by atoms with Gasteiger partial charge in [0.05, 0.1) is 132 Å². The summed E-state index contributed by atoms with van der Waals surface area (Å²) >= 11 is 0. The van der Waals surface area contributed by atoms with E-state index in [-0.39, 0.29) is 0 Å². The molecular formula is C44H66O14. The van der Waals surface area contributed by atoms with E-state index in [1.807, 2.05) is 0 Å². The largest absolute Gasteiger partial charge is 0.487 e. The van der Waals surface area contributed by atoms with E-state index in [1.54, 1.807) is 0 Å². The fourth-order valence-corrected chi connectivity index (χ4v) is 6.70. The average Bonchev–Trinajstić information content (AvgIpc) is 3.23. The maximum atomic E-state index is 6.41. The molecule has 0 radical (unpaired) electrons. The topological polar surface area (TPSA) is 129 Å². The molecule has 5 rings (SSSR count). The predicted molar refractivity (Wildman–Crippen MR) is 220 cm³/mol. The van der Waals surface area contributed by atoms with Crippen LogP contribution in [0.1, 0.15) is 37.8 Å². The van der Waals surface area contributed by atoms with Crippen molar-refractivity contribution in [3.8, 4) is 23.0 Å². The van der Waals surface area contributed by atoms with Crippen LogP contribution in [-0.2, 0) is 60.2 Å². The first-order chi connectivity index (χ1) is 28.8. The number of aryl methyl sites for hydroxylation is 2. The molecule has 14 heteroatoms. The van der Waals surface area contributed by atoms with Crippen molar-refractivity contribution in [3.63, 3.8) is 0 Å². The fourth-order valence-electron chi connectivity index (χ4n) is 6.70. The normalized spacial score (nSPS) is 19.8. The van der Waals surface area contributed by atoms with Gasteiger partial charge in [-0.1, -0.05) is 26.7 Å². The second kappa shape index (κ2) is 28.4. The molecule has 2 heterocycles. The minimum atomic E-state index is 0.357. The highest BCUT2D eigenvalue weighted by Gasteiger charge is 2.21. The monoisotopic (exact) mass is 818 g/mol. The second-order valence-corrected chi connectivity index (χ2v) is 13.7. The van der Waals surface area contributed by atoms with Gasteiger partial charge >= 0.3 is 0 Å². The zero-order valence-corrected chi connectivity index (χ0v) is 34.8. The predicted octanol–water partition coefficient (Wildman–Crippen LogP) is 5.61. The van der Waals surface area contributed by atoms with Gasteiger partial charge in [0.1, 0.15) is 26.4 Å². The number of ether oxygens (including phenoxy) is 14. The van der Waals surface area contributed by atoms with Gasteiger partial charge in [0.25, 0.3) is 0 Å². The summed E-state index contributed by atoms with van der Waals surface area (Å²) in [4.78, 5) is 0. The number of hydrogen-bond donors (Lipinski definition) is 0. The van der Waals surface area contributed by atoms with Gasteiger partial charge in [-0.2, -0.15) is 0 Å². The van der Waals surface area contributed by atoms with Gasteiger partial charge < -0.3 is 66.3 Å². The molecule has 14 nitrogen and oxygen atoms in total. The van der Waals surface area contributed by atoms with Crippen molar-refractivity contribution < 1.29 is 66.3 Å². The van der Waals surface area contributed by atoms with E-state index < -0.39 is 0 Å². The van der Waals surface area contributed by atoms with E-state index in [4.69, 9.17) is 66.3 Å². The van der Waals surface area contributed by atoms with Crippen LogP contribution >= 0.6 is 0 Å². The van der Waals surface area contributed by atoms with Gasteiger partial charge in [-0.05, 0) is 69.8 Å². The highest BCUT2D eigenvalue weighted by molar-refractivity contribution is 6.08. The lowest BCUT2D eigenvalue weighted by molar-refractivity contribution is -0.0134. The molecule has 2 aliphatic heterocycles. The fraction of sp³-hybridized carbons (Fsp3) is 0.682. The minimum absolute atomic E-state index is 0.357.